The van der Waals surface area contributed by atoms with Gasteiger partial charge in [0.25, 0.3) is 0 Å². The van der Waals surface area contributed by atoms with E-state index < -0.39 is 0 Å². The summed E-state index contributed by atoms with van der Waals surface area (Å²) in [5.74, 6) is 0.820. The molecule has 0 amide bonds. The first-order chi connectivity index (χ1) is 8.66. The van der Waals surface area contributed by atoms with Gasteiger partial charge in [-0.15, -0.1) is 0 Å². The maximum atomic E-state index is 4.35. The minimum absolute atomic E-state index is 0.148. The summed E-state index contributed by atoms with van der Waals surface area (Å²) >= 11 is 0. The monoisotopic (exact) mass is 243 g/mol. The fourth-order valence-electron chi connectivity index (χ4n) is 1.62. The Balaban J connectivity index is 2.03. The molecule has 0 aromatic carbocycles. The number of aryl methyl sites for hydroxylation is 1. The molecule has 1 atom stereocenters. The Kier molecular flexibility index (Phi) is 3.94. The van der Waals surface area contributed by atoms with Crippen molar-refractivity contribution in [2.75, 3.05) is 7.05 Å². The van der Waals surface area contributed by atoms with Gasteiger partial charge in [0.1, 0.15) is 5.82 Å². The Morgan fingerprint density at radius 2 is 1.83 bits per heavy atom. The van der Waals surface area contributed by atoms with E-state index in [-0.39, 0.29) is 6.04 Å². The molecule has 0 aliphatic carbocycles. The van der Waals surface area contributed by atoms with E-state index in [4.69, 9.17) is 0 Å². The van der Waals surface area contributed by atoms with Crippen LogP contribution in [0.2, 0.25) is 0 Å². The van der Waals surface area contributed by atoms with Crippen LogP contribution in [0.3, 0.4) is 0 Å². The fraction of sp³-hybridized carbons (Fsp3) is 0.385. The first-order valence-electron chi connectivity index (χ1n) is 5.91. The van der Waals surface area contributed by atoms with Crippen molar-refractivity contribution in [1.82, 2.24) is 24.8 Å². The van der Waals surface area contributed by atoms with Crippen molar-refractivity contribution in [3.05, 3.63) is 48.1 Å². The molecule has 18 heavy (non-hydrogen) atoms. The van der Waals surface area contributed by atoms with E-state index in [0.717, 1.165) is 23.8 Å². The summed E-state index contributed by atoms with van der Waals surface area (Å²) in [6.07, 6.45) is 7.12. The number of hydrogen-bond acceptors (Lipinski definition) is 5. The van der Waals surface area contributed by atoms with E-state index in [1.165, 1.54) is 0 Å². The van der Waals surface area contributed by atoms with Crippen molar-refractivity contribution in [2.45, 2.75) is 26.4 Å². The lowest BCUT2D eigenvalue weighted by Gasteiger charge is -2.22. The summed E-state index contributed by atoms with van der Waals surface area (Å²) in [7, 11) is 2.03. The Morgan fingerprint density at radius 3 is 2.44 bits per heavy atom. The van der Waals surface area contributed by atoms with Crippen molar-refractivity contribution in [2.24, 2.45) is 0 Å². The topological polar surface area (TPSA) is 54.8 Å². The number of hydrogen-bond donors (Lipinski definition) is 0. The van der Waals surface area contributed by atoms with E-state index in [1.807, 2.05) is 26.2 Å². The minimum Gasteiger partial charge on any atom is -0.291 e. The van der Waals surface area contributed by atoms with Crippen molar-refractivity contribution in [1.29, 1.82) is 0 Å². The van der Waals surface area contributed by atoms with Gasteiger partial charge in [0.05, 0.1) is 17.4 Å². The second kappa shape index (κ2) is 5.64. The van der Waals surface area contributed by atoms with E-state index in [9.17, 15) is 0 Å². The van der Waals surface area contributed by atoms with Crippen molar-refractivity contribution < 1.29 is 0 Å². The van der Waals surface area contributed by atoms with Gasteiger partial charge in [-0.05, 0) is 27.0 Å². The molecule has 5 heteroatoms. The second-order valence-corrected chi connectivity index (χ2v) is 4.35. The van der Waals surface area contributed by atoms with Crippen LogP contribution in [0.1, 0.15) is 30.2 Å². The lowest BCUT2D eigenvalue weighted by Crippen LogP contribution is -2.24. The highest BCUT2D eigenvalue weighted by Crippen LogP contribution is 2.15. The average molecular weight is 243 g/mol. The molecule has 0 aliphatic rings. The smallest absolute Gasteiger partial charge is 0.145 e. The third-order valence-electron chi connectivity index (χ3n) is 2.87. The van der Waals surface area contributed by atoms with Gasteiger partial charge >= 0.3 is 0 Å². The average Bonchev–Trinajstić information content (AvgIpc) is 2.41. The summed E-state index contributed by atoms with van der Waals surface area (Å²) in [6.45, 7) is 4.74. The zero-order valence-corrected chi connectivity index (χ0v) is 10.9. The Hall–Kier alpha value is -1.88. The van der Waals surface area contributed by atoms with Crippen LogP contribution in [0.4, 0.5) is 0 Å². The van der Waals surface area contributed by atoms with Gasteiger partial charge in [0.2, 0.25) is 0 Å². The molecule has 0 fully saturated rings. The first kappa shape index (κ1) is 12.6. The highest BCUT2D eigenvalue weighted by atomic mass is 15.2. The molecule has 2 aromatic heterocycles. The van der Waals surface area contributed by atoms with Crippen LogP contribution in [0.5, 0.6) is 0 Å². The summed E-state index contributed by atoms with van der Waals surface area (Å²) in [4.78, 5) is 19.3. The normalized spacial score (nSPS) is 12.7. The standard InChI is InChI=1S/C13H17N5/c1-10-7-17-12(8-16-10)9-18(3)11(2)13-14-5-4-6-15-13/h4-8,11H,9H2,1-3H3. The van der Waals surface area contributed by atoms with Crippen molar-refractivity contribution in [3.63, 3.8) is 0 Å². The molecule has 0 bridgehead atoms. The molecule has 2 aromatic rings. The SMILES string of the molecule is Cc1cnc(CN(C)C(C)c2ncccn2)cn1. The van der Waals surface area contributed by atoms with Crippen LogP contribution < -0.4 is 0 Å². The zero-order chi connectivity index (χ0) is 13.0. The maximum absolute atomic E-state index is 4.35. The molecule has 0 saturated heterocycles. The van der Waals surface area contributed by atoms with Gasteiger partial charge in [-0.25, -0.2) is 9.97 Å². The Bertz CT molecular complexity index is 482. The van der Waals surface area contributed by atoms with E-state index >= 15 is 0 Å². The van der Waals surface area contributed by atoms with Crippen LogP contribution in [0, 0.1) is 6.92 Å². The number of rotatable bonds is 4. The molecule has 0 aliphatic heterocycles. The predicted octanol–water partition coefficient (Wildman–Crippen LogP) is 1.77. The molecular weight excluding hydrogens is 226 g/mol. The predicted molar refractivity (Wildman–Crippen MR) is 68.7 cm³/mol. The molecule has 0 radical (unpaired) electrons. The highest BCUT2D eigenvalue weighted by molar-refractivity contribution is 5.02. The van der Waals surface area contributed by atoms with Gasteiger partial charge in [0.15, 0.2) is 0 Å². The summed E-state index contributed by atoms with van der Waals surface area (Å²) in [5, 5.41) is 0. The molecule has 0 spiro atoms. The summed E-state index contributed by atoms with van der Waals surface area (Å²) in [5.41, 5.74) is 1.88. The highest BCUT2D eigenvalue weighted by Gasteiger charge is 2.14. The van der Waals surface area contributed by atoms with Crippen LogP contribution in [-0.2, 0) is 6.54 Å². The molecular formula is C13H17N5. The van der Waals surface area contributed by atoms with Gasteiger partial charge in [-0.2, -0.15) is 0 Å². The summed E-state index contributed by atoms with van der Waals surface area (Å²) < 4.78 is 0. The van der Waals surface area contributed by atoms with Crippen molar-refractivity contribution >= 4 is 0 Å². The van der Waals surface area contributed by atoms with E-state index in [1.54, 1.807) is 18.6 Å². The third kappa shape index (κ3) is 3.07. The molecule has 0 N–H and O–H groups in total. The van der Waals surface area contributed by atoms with E-state index in [0.29, 0.717) is 0 Å². The Labute approximate surface area is 107 Å². The molecule has 1 unspecified atom stereocenters. The molecule has 94 valence electrons. The minimum atomic E-state index is 0.148. The maximum Gasteiger partial charge on any atom is 0.145 e. The largest absolute Gasteiger partial charge is 0.291 e. The van der Waals surface area contributed by atoms with Gasteiger partial charge < -0.3 is 0 Å². The number of nitrogens with zero attached hydrogens (tertiary/aromatic N) is 5. The Morgan fingerprint density at radius 1 is 1.11 bits per heavy atom. The lowest BCUT2D eigenvalue weighted by atomic mass is 10.2. The van der Waals surface area contributed by atoms with Crippen LogP contribution in [-0.4, -0.2) is 31.9 Å². The molecule has 0 saturated carbocycles. The van der Waals surface area contributed by atoms with Gasteiger partial charge in [-0.3, -0.25) is 14.9 Å². The quantitative estimate of drug-likeness (QED) is 0.819. The van der Waals surface area contributed by atoms with Gasteiger partial charge in [0, 0.05) is 31.3 Å². The second-order valence-electron chi connectivity index (χ2n) is 4.35. The van der Waals surface area contributed by atoms with Crippen LogP contribution in [0.25, 0.3) is 0 Å². The van der Waals surface area contributed by atoms with E-state index in [2.05, 4.69) is 31.8 Å². The van der Waals surface area contributed by atoms with Crippen LogP contribution in [0.15, 0.2) is 30.9 Å². The first-order valence-corrected chi connectivity index (χ1v) is 5.91. The molecule has 2 heterocycles. The third-order valence-corrected chi connectivity index (χ3v) is 2.87. The van der Waals surface area contributed by atoms with Crippen molar-refractivity contribution in [3.8, 4) is 0 Å². The molecule has 5 nitrogen and oxygen atoms in total. The summed E-state index contributed by atoms with van der Waals surface area (Å²) in [6, 6.07) is 1.97. The zero-order valence-electron chi connectivity index (χ0n) is 10.9. The molecule has 2 rings (SSSR count). The fourth-order valence-corrected chi connectivity index (χ4v) is 1.62. The lowest BCUT2D eigenvalue weighted by molar-refractivity contribution is 0.240. The van der Waals surface area contributed by atoms with Crippen LogP contribution >= 0.6 is 0 Å². The number of aromatic nitrogens is 4. The van der Waals surface area contributed by atoms with Gasteiger partial charge in [-0.1, -0.05) is 0 Å².